The molecule has 0 aliphatic heterocycles. The zero-order valence-electron chi connectivity index (χ0n) is 10.4. The summed E-state index contributed by atoms with van der Waals surface area (Å²) in [5.41, 5.74) is 9.03. The molecule has 0 radical (unpaired) electrons. The highest BCUT2D eigenvalue weighted by Crippen LogP contribution is 2.33. The molecule has 1 aliphatic carbocycles. The first-order chi connectivity index (χ1) is 9.25. The molecule has 1 aromatic carbocycles. The lowest BCUT2D eigenvalue weighted by Gasteiger charge is -2.27. The molecule has 1 aromatic heterocycles. The Balaban J connectivity index is 1.91. The van der Waals surface area contributed by atoms with E-state index < -0.39 is 0 Å². The lowest BCUT2D eigenvalue weighted by molar-refractivity contribution is 0.599. The quantitative estimate of drug-likeness (QED) is 0.826. The van der Waals surface area contributed by atoms with Gasteiger partial charge in [-0.1, -0.05) is 35.9 Å². The number of anilines is 2. The van der Waals surface area contributed by atoms with Gasteiger partial charge in [0.1, 0.15) is 12.0 Å². The first-order valence-electron chi connectivity index (χ1n) is 6.36. The summed E-state index contributed by atoms with van der Waals surface area (Å²) < 4.78 is 0. The van der Waals surface area contributed by atoms with E-state index in [-0.39, 0.29) is 6.04 Å². The van der Waals surface area contributed by atoms with Gasteiger partial charge in [0.05, 0.1) is 6.04 Å². The number of aromatic nitrogens is 2. The molecule has 0 spiro atoms. The molecule has 0 saturated heterocycles. The molecular formula is C14H15ClN4. The molecular weight excluding hydrogens is 260 g/mol. The Morgan fingerprint density at radius 3 is 3.00 bits per heavy atom. The minimum atomic E-state index is 0.234. The van der Waals surface area contributed by atoms with Crippen LogP contribution in [-0.4, -0.2) is 9.97 Å². The average molecular weight is 275 g/mol. The van der Waals surface area contributed by atoms with Crippen molar-refractivity contribution >= 4 is 23.1 Å². The van der Waals surface area contributed by atoms with Gasteiger partial charge in [-0.25, -0.2) is 9.97 Å². The van der Waals surface area contributed by atoms with E-state index >= 15 is 0 Å². The highest BCUT2D eigenvalue weighted by Gasteiger charge is 2.21. The van der Waals surface area contributed by atoms with E-state index in [4.69, 9.17) is 17.3 Å². The SMILES string of the molecule is Nc1c(Cl)ncnc1NC1CCCc2ccccc21. The molecule has 4 nitrogen and oxygen atoms in total. The van der Waals surface area contributed by atoms with Crippen LogP contribution in [0.4, 0.5) is 11.5 Å². The fourth-order valence-corrected chi connectivity index (χ4v) is 2.69. The molecule has 1 unspecified atom stereocenters. The molecule has 0 bridgehead atoms. The molecule has 0 amide bonds. The largest absolute Gasteiger partial charge is 0.393 e. The van der Waals surface area contributed by atoms with E-state index in [9.17, 15) is 0 Å². The van der Waals surface area contributed by atoms with Crippen LogP contribution >= 0.6 is 11.6 Å². The van der Waals surface area contributed by atoms with Crippen molar-refractivity contribution in [3.05, 3.63) is 46.9 Å². The molecule has 98 valence electrons. The van der Waals surface area contributed by atoms with E-state index in [1.165, 1.54) is 17.5 Å². The number of rotatable bonds is 2. The first kappa shape index (κ1) is 12.2. The van der Waals surface area contributed by atoms with Crippen molar-refractivity contribution in [2.45, 2.75) is 25.3 Å². The van der Waals surface area contributed by atoms with Gasteiger partial charge in [-0.3, -0.25) is 0 Å². The maximum absolute atomic E-state index is 5.92. The summed E-state index contributed by atoms with van der Waals surface area (Å²) in [4.78, 5) is 8.04. The van der Waals surface area contributed by atoms with E-state index in [2.05, 4.69) is 39.6 Å². The summed E-state index contributed by atoms with van der Waals surface area (Å²) in [6.45, 7) is 0. The van der Waals surface area contributed by atoms with Crippen molar-refractivity contribution in [2.75, 3.05) is 11.1 Å². The van der Waals surface area contributed by atoms with Gasteiger partial charge < -0.3 is 11.1 Å². The van der Waals surface area contributed by atoms with Crippen LogP contribution < -0.4 is 11.1 Å². The Hall–Kier alpha value is -1.81. The van der Waals surface area contributed by atoms with Gasteiger partial charge in [0.25, 0.3) is 0 Å². The zero-order chi connectivity index (χ0) is 13.2. The number of hydrogen-bond acceptors (Lipinski definition) is 4. The molecule has 3 N–H and O–H groups in total. The third-order valence-electron chi connectivity index (χ3n) is 3.52. The zero-order valence-corrected chi connectivity index (χ0v) is 11.2. The number of nitrogens with zero attached hydrogens (tertiary/aromatic N) is 2. The highest BCUT2D eigenvalue weighted by atomic mass is 35.5. The van der Waals surface area contributed by atoms with Crippen LogP contribution in [-0.2, 0) is 6.42 Å². The molecule has 1 atom stereocenters. The number of nitrogens with two attached hydrogens (primary N) is 1. The van der Waals surface area contributed by atoms with Crippen molar-refractivity contribution in [2.24, 2.45) is 0 Å². The Labute approximate surface area is 117 Å². The van der Waals surface area contributed by atoms with Gasteiger partial charge in [0.15, 0.2) is 11.0 Å². The fourth-order valence-electron chi connectivity index (χ4n) is 2.56. The number of aryl methyl sites for hydroxylation is 1. The van der Waals surface area contributed by atoms with Gasteiger partial charge in [-0.15, -0.1) is 0 Å². The third-order valence-corrected chi connectivity index (χ3v) is 3.82. The van der Waals surface area contributed by atoms with Crippen LogP contribution in [0.5, 0.6) is 0 Å². The van der Waals surface area contributed by atoms with Gasteiger partial charge in [-0.2, -0.15) is 0 Å². The smallest absolute Gasteiger partial charge is 0.157 e. The molecule has 19 heavy (non-hydrogen) atoms. The van der Waals surface area contributed by atoms with Crippen molar-refractivity contribution in [1.29, 1.82) is 0 Å². The standard InChI is InChI=1S/C14H15ClN4/c15-13-12(16)14(18-8-17-13)19-11-7-3-5-9-4-1-2-6-10(9)11/h1-2,4,6,8,11H,3,5,7,16H2,(H,17,18,19). The number of fused-ring (bicyclic) bond motifs is 1. The lowest BCUT2D eigenvalue weighted by Crippen LogP contribution is -2.18. The number of halogens is 1. The number of nitrogen functional groups attached to an aromatic ring is 1. The van der Waals surface area contributed by atoms with Crippen molar-refractivity contribution < 1.29 is 0 Å². The summed E-state index contributed by atoms with van der Waals surface area (Å²) in [7, 11) is 0. The Morgan fingerprint density at radius 2 is 2.11 bits per heavy atom. The number of hydrogen-bond donors (Lipinski definition) is 2. The fraction of sp³-hybridized carbons (Fsp3) is 0.286. The second-order valence-corrected chi connectivity index (χ2v) is 5.07. The molecule has 0 saturated carbocycles. The minimum Gasteiger partial charge on any atom is -0.393 e. The highest BCUT2D eigenvalue weighted by molar-refractivity contribution is 6.32. The van der Waals surface area contributed by atoms with E-state index in [0.717, 1.165) is 19.3 Å². The van der Waals surface area contributed by atoms with Crippen molar-refractivity contribution in [3.63, 3.8) is 0 Å². The van der Waals surface area contributed by atoms with Crippen molar-refractivity contribution in [3.8, 4) is 0 Å². The van der Waals surface area contributed by atoms with Crippen LogP contribution in [0, 0.1) is 0 Å². The van der Waals surface area contributed by atoms with E-state index in [1.54, 1.807) is 0 Å². The lowest BCUT2D eigenvalue weighted by atomic mass is 9.88. The van der Waals surface area contributed by atoms with Gasteiger partial charge in [0, 0.05) is 0 Å². The van der Waals surface area contributed by atoms with E-state index in [1.807, 2.05) is 0 Å². The number of nitrogens with one attached hydrogen (secondary N) is 1. The number of benzene rings is 1. The van der Waals surface area contributed by atoms with Gasteiger partial charge >= 0.3 is 0 Å². The maximum Gasteiger partial charge on any atom is 0.157 e. The van der Waals surface area contributed by atoms with Crippen LogP contribution in [0.2, 0.25) is 5.15 Å². The Morgan fingerprint density at radius 1 is 1.26 bits per heavy atom. The summed E-state index contributed by atoms with van der Waals surface area (Å²) in [6, 6.07) is 8.72. The van der Waals surface area contributed by atoms with Crippen molar-refractivity contribution in [1.82, 2.24) is 9.97 Å². The van der Waals surface area contributed by atoms with E-state index in [0.29, 0.717) is 16.7 Å². The van der Waals surface area contributed by atoms with Crippen LogP contribution in [0.3, 0.4) is 0 Å². The second kappa shape index (κ2) is 5.05. The monoisotopic (exact) mass is 274 g/mol. The molecule has 1 heterocycles. The summed E-state index contributed by atoms with van der Waals surface area (Å²) in [5.74, 6) is 0.613. The normalized spacial score (nSPS) is 17.8. The first-order valence-corrected chi connectivity index (χ1v) is 6.74. The Bertz CT molecular complexity index is 600. The average Bonchev–Trinajstić information content (AvgIpc) is 2.44. The summed E-state index contributed by atoms with van der Waals surface area (Å²) in [6.07, 6.45) is 4.79. The second-order valence-electron chi connectivity index (χ2n) is 4.71. The third kappa shape index (κ3) is 2.36. The minimum absolute atomic E-state index is 0.234. The molecule has 0 fully saturated rings. The van der Waals surface area contributed by atoms with Crippen LogP contribution in [0.1, 0.15) is 30.0 Å². The van der Waals surface area contributed by atoms with Crippen LogP contribution in [0.15, 0.2) is 30.6 Å². The topological polar surface area (TPSA) is 63.8 Å². The maximum atomic E-state index is 5.92. The van der Waals surface area contributed by atoms with Gasteiger partial charge in [0.2, 0.25) is 0 Å². The predicted octanol–water partition coefficient (Wildman–Crippen LogP) is 3.20. The van der Waals surface area contributed by atoms with Gasteiger partial charge in [-0.05, 0) is 30.4 Å². The van der Waals surface area contributed by atoms with Crippen LogP contribution in [0.25, 0.3) is 0 Å². The molecule has 3 rings (SSSR count). The molecule has 5 heteroatoms. The Kier molecular flexibility index (Phi) is 3.25. The molecule has 1 aliphatic rings. The summed E-state index contributed by atoms with van der Waals surface area (Å²) >= 11 is 5.92. The molecule has 2 aromatic rings. The predicted molar refractivity (Wildman–Crippen MR) is 77.2 cm³/mol. The summed E-state index contributed by atoms with van der Waals surface area (Å²) in [5, 5.41) is 3.68.